The number of cyclic esters (lactones) is 1. The molecule has 0 saturated carbocycles. The first-order valence-electron chi connectivity index (χ1n) is 7.98. The van der Waals surface area contributed by atoms with Crippen molar-refractivity contribution >= 4 is 23.4 Å². The van der Waals surface area contributed by atoms with E-state index in [1.807, 2.05) is 19.9 Å². The molecule has 0 saturated heterocycles. The zero-order valence-corrected chi connectivity index (χ0v) is 14.6. The predicted octanol–water partition coefficient (Wildman–Crippen LogP) is 5.60. The average Bonchev–Trinajstić information content (AvgIpc) is 2.62. The Hall–Kier alpha value is -2.58. The molecule has 2 aromatic carbocycles. The van der Waals surface area contributed by atoms with E-state index in [1.165, 1.54) is 12.1 Å². The van der Waals surface area contributed by atoms with Gasteiger partial charge in [0.1, 0.15) is 11.4 Å². The van der Waals surface area contributed by atoms with Gasteiger partial charge in [0, 0.05) is 11.1 Å². The number of fused-ring (bicyclic) bond motifs is 1. The van der Waals surface area contributed by atoms with Crippen LogP contribution in [0, 0.1) is 17.1 Å². The number of benzene rings is 2. The van der Waals surface area contributed by atoms with Crippen LogP contribution < -0.4 is 5.32 Å². The second-order valence-corrected chi connectivity index (χ2v) is 6.31. The number of carbonyl (C=O) groups is 1. The molecule has 1 aliphatic rings. The molecule has 0 spiro atoms. The van der Waals surface area contributed by atoms with E-state index in [2.05, 4.69) is 5.32 Å². The molecule has 0 bridgehead atoms. The van der Waals surface area contributed by atoms with Crippen molar-refractivity contribution in [2.24, 2.45) is 0 Å². The topological polar surface area (TPSA) is 62.1 Å². The smallest absolute Gasteiger partial charge is 0.412 e. The minimum absolute atomic E-state index is 0.103. The summed E-state index contributed by atoms with van der Waals surface area (Å²) in [6, 6.07) is 9.94. The van der Waals surface area contributed by atoms with E-state index in [9.17, 15) is 9.18 Å². The van der Waals surface area contributed by atoms with Gasteiger partial charge in [-0.15, -0.1) is 0 Å². The summed E-state index contributed by atoms with van der Waals surface area (Å²) in [5.41, 5.74) is 1.76. The van der Waals surface area contributed by atoms with Crippen LogP contribution in [0.3, 0.4) is 0 Å². The van der Waals surface area contributed by atoms with Crippen molar-refractivity contribution < 1.29 is 13.9 Å². The molecular weight excluding hydrogens is 343 g/mol. The summed E-state index contributed by atoms with van der Waals surface area (Å²) in [5.74, 6) is -0.583. The Balaban J connectivity index is 2.22. The molecule has 0 unspecified atom stereocenters. The van der Waals surface area contributed by atoms with Crippen molar-refractivity contribution in [2.75, 3.05) is 5.32 Å². The second kappa shape index (κ2) is 6.38. The Morgan fingerprint density at radius 2 is 2.00 bits per heavy atom. The molecule has 1 heterocycles. The molecule has 1 N–H and O–H groups in total. The zero-order valence-electron chi connectivity index (χ0n) is 13.8. The number of nitriles is 1. The standard InChI is InChI=1S/C19H16ClFN2O2/c1-3-19(4-2)14-9-12(5-6-16(14)23-18(24)25-19)13-7-11(10-22)8-15(20)17(13)21/h5-9H,3-4H2,1-2H3,(H,23,24). The van der Waals surface area contributed by atoms with Gasteiger partial charge in [0.25, 0.3) is 0 Å². The largest absolute Gasteiger partial charge is 0.438 e. The number of nitrogens with one attached hydrogen (secondary N) is 1. The van der Waals surface area contributed by atoms with Crippen LogP contribution in [0.25, 0.3) is 11.1 Å². The van der Waals surface area contributed by atoms with Gasteiger partial charge in [0.05, 0.1) is 22.3 Å². The van der Waals surface area contributed by atoms with Crippen molar-refractivity contribution in [3.05, 3.63) is 52.3 Å². The Morgan fingerprint density at radius 3 is 2.64 bits per heavy atom. The summed E-state index contributed by atoms with van der Waals surface area (Å²) in [7, 11) is 0. The first-order chi connectivity index (χ1) is 11.9. The normalized spacial score (nSPS) is 14.9. The van der Waals surface area contributed by atoms with Crippen LogP contribution in [0.2, 0.25) is 5.02 Å². The van der Waals surface area contributed by atoms with Crippen LogP contribution >= 0.6 is 11.6 Å². The van der Waals surface area contributed by atoms with E-state index in [-0.39, 0.29) is 16.1 Å². The van der Waals surface area contributed by atoms with Crippen LogP contribution in [-0.2, 0) is 10.3 Å². The molecule has 4 nitrogen and oxygen atoms in total. The third-order valence-electron chi connectivity index (χ3n) is 4.65. The highest BCUT2D eigenvalue weighted by Crippen LogP contribution is 2.43. The van der Waals surface area contributed by atoms with E-state index < -0.39 is 17.5 Å². The van der Waals surface area contributed by atoms with E-state index >= 15 is 0 Å². The average molecular weight is 359 g/mol. The lowest BCUT2D eigenvalue weighted by Gasteiger charge is -2.37. The number of anilines is 1. The van der Waals surface area contributed by atoms with Crippen molar-refractivity contribution in [2.45, 2.75) is 32.3 Å². The quantitative estimate of drug-likeness (QED) is 0.777. The number of halogens is 2. The lowest BCUT2D eigenvalue weighted by Crippen LogP contribution is -2.38. The van der Waals surface area contributed by atoms with Gasteiger partial charge in [-0.3, -0.25) is 5.32 Å². The number of hydrogen-bond acceptors (Lipinski definition) is 3. The summed E-state index contributed by atoms with van der Waals surface area (Å²) in [6.07, 6.45) is 0.689. The van der Waals surface area contributed by atoms with Crippen molar-refractivity contribution in [3.63, 3.8) is 0 Å². The third-order valence-corrected chi connectivity index (χ3v) is 4.92. The number of amides is 1. The fraction of sp³-hybridized carbons (Fsp3) is 0.263. The molecular formula is C19H16ClFN2O2. The number of hydrogen-bond donors (Lipinski definition) is 1. The summed E-state index contributed by atoms with van der Waals surface area (Å²) in [5, 5.41) is 11.7. The van der Waals surface area contributed by atoms with Gasteiger partial charge in [-0.25, -0.2) is 9.18 Å². The molecule has 0 aliphatic carbocycles. The molecule has 0 radical (unpaired) electrons. The SMILES string of the molecule is CCC1(CC)OC(=O)Nc2ccc(-c3cc(C#N)cc(Cl)c3F)cc21. The summed E-state index contributed by atoms with van der Waals surface area (Å²) < 4.78 is 20.1. The first kappa shape index (κ1) is 17.2. The summed E-state index contributed by atoms with van der Waals surface area (Å²) >= 11 is 5.91. The van der Waals surface area contributed by atoms with Gasteiger partial charge in [0.15, 0.2) is 0 Å². The second-order valence-electron chi connectivity index (χ2n) is 5.91. The van der Waals surface area contributed by atoms with Gasteiger partial charge in [-0.1, -0.05) is 31.5 Å². The maximum atomic E-state index is 14.5. The van der Waals surface area contributed by atoms with Crippen molar-refractivity contribution in [1.29, 1.82) is 5.26 Å². The maximum Gasteiger partial charge on any atom is 0.412 e. The van der Waals surface area contributed by atoms with Crippen molar-refractivity contribution in [1.82, 2.24) is 0 Å². The number of carbonyl (C=O) groups excluding carboxylic acids is 1. The molecule has 1 amide bonds. The van der Waals surface area contributed by atoms with Crippen LogP contribution in [-0.4, -0.2) is 6.09 Å². The highest BCUT2D eigenvalue weighted by Gasteiger charge is 2.39. The van der Waals surface area contributed by atoms with Gasteiger partial charge < -0.3 is 4.74 Å². The molecule has 25 heavy (non-hydrogen) atoms. The summed E-state index contributed by atoms with van der Waals surface area (Å²) in [4.78, 5) is 11.8. The van der Waals surface area contributed by atoms with Crippen molar-refractivity contribution in [3.8, 4) is 17.2 Å². The number of nitrogens with zero attached hydrogens (tertiary/aromatic N) is 1. The Labute approximate surface area is 150 Å². The first-order valence-corrected chi connectivity index (χ1v) is 8.36. The number of ether oxygens (including phenoxy) is 1. The van der Waals surface area contributed by atoms with Gasteiger partial charge in [-0.05, 0) is 42.7 Å². The predicted molar refractivity (Wildman–Crippen MR) is 93.9 cm³/mol. The van der Waals surface area contributed by atoms with Gasteiger partial charge in [0.2, 0.25) is 0 Å². The summed E-state index contributed by atoms with van der Waals surface area (Å²) in [6.45, 7) is 3.87. The minimum atomic E-state index is -0.763. The molecule has 6 heteroatoms. The monoisotopic (exact) mass is 358 g/mol. The zero-order chi connectivity index (χ0) is 18.2. The molecule has 2 aromatic rings. The molecule has 0 fully saturated rings. The van der Waals surface area contributed by atoms with Crippen LogP contribution in [0.5, 0.6) is 0 Å². The third kappa shape index (κ3) is 2.83. The Bertz CT molecular complexity index is 901. The lowest BCUT2D eigenvalue weighted by molar-refractivity contribution is 0.00476. The van der Waals surface area contributed by atoms with Crippen LogP contribution in [0.1, 0.15) is 37.8 Å². The molecule has 0 atom stereocenters. The lowest BCUT2D eigenvalue weighted by atomic mass is 9.84. The van der Waals surface area contributed by atoms with E-state index in [0.717, 1.165) is 5.56 Å². The van der Waals surface area contributed by atoms with Crippen LogP contribution in [0.4, 0.5) is 14.9 Å². The highest BCUT2D eigenvalue weighted by molar-refractivity contribution is 6.31. The highest BCUT2D eigenvalue weighted by atomic mass is 35.5. The fourth-order valence-electron chi connectivity index (χ4n) is 3.20. The van der Waals surface area contributed by atoms with E-state index in [1.54, 1.807) is 18.2 Å². The maximum absolute atomic E-state index is 14.5. The molecule has 3 rings (SSSR count). The number of rotatable bonds is 3. The Morgan fingerprint density at radius 1 is 1.28 bits per heavy atom. The van der Waals surface area contributed by atoms with Crippen LogP contribution in [0.15, 0.2) is 30.3 Å². The van der Waals surface area contributed by atoms with E-state index in [4.69, 9.17) is 21.6 Å². The molecule has 1 aliphatic heterocycles. The fourth-order valence-corrected chi connectivity index (χ4v) is 3.42. The molecule has 0 aromatic heterocycles. The Kier molecular flexibility index (Phi) is 4.40. The van der Waals surface area contributed by atoms with E-state index in [0.29, 0.717) is 24.1 Å². The van der Waals surface area contributed by atoms with Gasteiger partial charge >= 0.3 is 6.09 Å². The molecule has 128 valence electrons. The van der Waals surface area contributed by atoms with Gasteiger partial charge in [-0.2, -0.15) is 5.26 Å². The minimum Gasteiger partial charge on any atom is -0.438 e.